The van der Waals surface area contributed by atoms with Crippen molar-refractivity contribution in [1.29, 1.82) is 0 Å². The normalized spacial score (nSPS) is 17.1. The first kappa shape index (κ1) is 19.5. The minimum atomic E-state index is -0.478. The van der Waals surface area contributed by atoms with Crippen LogP contribution in [-0.2, 0) is 6.54 Å². The Balaban J connectivity index is 1.58. The highest BCUT2D eigenvalue weighted by atomic mass is 19.1. The fourth-order valence-electron chi connectivity index (χ4n) is 3.86. The van der Waals surface area contributed by atoms with Gasteiger partial charge in [0.1, 0.15) is 0 Å². The van der Waals surface area contributed by atoms with Gasteiger partial charge >= 0.3 is 0 Å². The minimum Gasteiger partial charge on any atom is -0.392 e. The molecular weight excluding hydrogens is 369 g/mol. The van der Waals surface area contributed by atoms with E-state index in [4.69, 9.17) is 0 Å². The number of aliphatic hydroxyl groups is 1. The van der Waals surface area contributed by atoms with Crippen LogP contribution in [0.3, 0.4) is 0 Å². The predicted molar refractivity (Wildman–Crippen MR) is 111 cm³/mol. The maximum Gasteiger partial charge on any atom is 0.229 e. The zero-order valence-electron chi connectivity index (χ0n) is 17.0. The number of nitrogens with zero attached hydrogens (tertiary/aromatic N) is 4. The molecule has 3 heterocycles. The molecule has 7 heteroatoms. The topological polar surface area (TPSA) is 66.2 Å². The summed E-state index contributed by atoms with van der Waals surface area (Å²) in [6.45, 7) is 8.34. The Hall–Kier alpha value is -2.77. The second kappa shape index (κ2) is 7.93. The maximum atomic E-state index is 14.5. The molecule has 6 nitrogen and oxygen atoms in total. The smallest absolute Gasteiger partial charge is 0.229 e. The number of rotatable bonds is 5. The fraction of sp³-hybridized carbons (Fsp3) is 0.364. The Labute approximate surface area is 170 Å². The van der Waals surface area contributed by atoms with Gasteiger partial charge in [-0.15, -0.1) is 0 Å². The minimum absolute atomic E-state index is 0.211. The summed E-state index contributed by atoms with van der Waals surface area (Å²) in [6, 6.07) is 6.09. The number of hydrogen-bond acceptors (Lipinski definition) is 5. The number of nitrogens with one attached hydrogen (secondary N) is 1. The van der Waals surface area contributed by atoms with Crippen molar-refractivity contribution in [2.75, 3.05) is 18.4 Å². The van der Waals surface area contributed by atoms with Gasteiger partial charge in [0.05, 0.1) is 12.3 Å². The molecule has 0 bridgehead atoms. The van der Waals surface area contributed by atoms with Crippen LogP contribution in [0.5, 0.6) is 0 Å². The molecule has 152 valence electrons. The summed E-state index contributed by atoms with van der Waals surface area (Å²) in [6.07, 6.45) is 5.53. The van der Waals surface area contributed by atoms with Crippen molar-refractivity contribution in [2.24, 2.45) is 0 Å². The molecule has 0 aliphatic carbocycles. The van der Waals surface area contributed by atoms with Crippen LogP contribution >= 0.6 is 0 Å². The van der Waals surface area contributed by atoms with E-state index in [-0.39, 0.29) is 11.9 Å². The number of anilines is 2. The van der Waals surface area contributed by atoms with E-state index < -0.39 is 5.82 Å². The van der Waals surface area contributed by atoms with Crippen LogP contribution in [-0.4, -0.2) is 43.7 Å². The van der Waals surface area contributed by atoms with Crippen molar-refractivity contribution in [3.63, 3.8) is 0 Å². The molecule has 1 saturated heterocycles. The van der Waals surface area contributed by atoms with Crippen molar-refractivity contribution in [2.45, 2.75) is 39.8 Å². The number of benzene rings is 1. The summed E-state index contributed by atoms with van der Waals surface area (Å²) in [7, 11) is 0. The third-order valence-electron chi connectivity index (χ3n) is 5.22. The molecule has 1 atom stereocenters. The fourth-order valence-corrected chi connectivity index (χ4v) is 3.86. The Morgan fingerprint density at radius 1 is 1.17 bits per heavy atom. The number of aryl methyl sites for hydroxylation is 3. The Morgan fingerprint density at radius 2 is 1.93 bits per heavy atom. The van der Waals surface area contributed by atoms with E-state index in [1.165, 1.54) is 6.20 Å². The van der Waals surface area contributed by atoms with Crippen LogP contribution in [0.1, 0.15) is 28.7 Å². The van der Waals surface area contributed by atoms with Gasteiger partial charge in [0.25, 0.3) is 0 Å². The van der Waals surface area contributed by atoms with E-state index in [2.05, 4.69) is 26.3 Å². The molecule has 0 radical (unpaired) electrons. The molecule has 1 fully saturated rings. The first-order valence-corrected chi connectivity index (χ1v) is 9.83. The predicted octanol–water partition coefficient (Wildman–Crippen LogP) is 3.64. The molecular formula is C22H26FN5O. The average molecular weight is 395 g/mol. The number of β-amino-alcohol motifs (C(OH)–C–C–N with tert-alkyl or cyclic N) is 1. The molecule has 2 N–H and O–H groups in total. The van der Waals surface area contributed by atoms with Crippen LogP contribution in [0.2, 0.25) is 0 Å². The van der Waals surface area contributed by atoms with E-state index in [0.29, 0.717) is 12.5 Å². The van der Waals surface area contributed by atoms with Crippen LogP contribution in [0.4, 0.5) is 16.0 Å². The van der Waals surface area contributed by atoms with Crippen molar-refractivity contribution in [1.82, 2.24) is 19.4 Å². The second-order valence-electron chi connectivity index (χ2n) is 7.92. The van der Waals surface area contributed by atoms with Gasteiger partial charge in [0, 0.05) is 37.7 Å². The molecule has 29 heavy (non-hydrogen) atoms. The largest absolute Gasteiger partial charge is 0.392 e. The summed E-state index contributed by atoms with van der Waals surface area (Å²) in [5, 5.41) is 12.9. The molecule has 3 aromatic rings. The molecule has 1 aliphatic heterocycles. The van der Waals surface area contributed by atoms with E-state index in [9.17, 15) is 9.50 Å². The molecule has 0 amide bonds. The van der Waals surface area contributed by atoms with Crippen LogP contribution < -0.4 is 5.32 Å². The lowest BCUT2D eigenvalue weighted by atomic mass is 10.1. The summed E-state index contributed by atoms with van der Waals surface area (Å²) in [5.41, 5.74) is 5.30. The number of aliphatic hydroxyl groups excluding tert-OH is 1. The summed E-state index contributed by atoms with van der Waals surface area (Å²) < 4.78 is 16.2. The molecule has 1 aromatic carbocycles. The average Bonchev–Trinajstić information content (AvgIpc) is 3.22. The molecule has 0 spiro atoms. The first-order valence-electron chi connectivity index (χ1n) is 9.83. The SMILES string of the molecule is Cc1cc(C)cc(Nc2ncc(F)c(-n3cc(C)c(CN4CCC(O)C4)c3)n2)c1. The molecule has 1 unspecified atom stereocenters. The van der Waals surface area contributed by atoms with Crippen LogP contribution in [0.25, 0.3) is 5.82 Å². The standard InChI is InChI=1S/C22H26FN5O/c1-14-6-15(2)8-18(7-14)25-22-24-9-20(23)21(26-22)28-10-16(3)17(12-28)11-27-5-4-19(29)13-27/h6-10,12,19,29H,4-5,11,13H2,1-3H3,(H,24,25,26). The maximum absolute atomic E-state index is 14.5. The van der Waals surface area contributed by atoms with Gasteiger partial charge in [-0.05, 0) is 61.6 Å². The lowest BCUT2D eigenvalue weighted by molar-refractivity contribution is 0.174. The number of likely N-dealkylation sites (tertiary alicyclic amines) is 1. The lowest BCUT2D eigenvalue weighted by Gasteiger charge is -2.14. The van der Waals surface area contributed by atoms with E-state index >= 15 is 0 Å². The zero-order chi connectivity index (χ0) is 20.5. The highest BCUT2D eigenvalue weighted by Crippen LogP contribution is 2.22. The monoisotopic (exact) mass is 395 g/mol. The van der Waals surface area contributed by atoms with Crippen molar-refractivity contribution in [3.8, 4) is 5.82 Å². The van der Waals surface area contributed by atoms with Crippen molar-refractivity contribution >= 4 is 11.6 Å². The van der Waals surface area contributed by atoms with E-state index in [1.54, 1.807) is 4.57 Å². The second-order valence-corrected chi connectivity index (χ2v) is 7.92. The van der Waals surface area contributed by atoms with Gasteiger partial charge in [0.2, 0.25) is 5.95 Å². The molecule has 0 saturated carbocycles. The van der Waals surface area contributed by atoms with E-state index in [0.717, 1.165) is 47.5 Å². The van der Waals surface area contributed by atoms with Gasteiger partial charge in [-0.2, -0.15) is 4.98 Å². The highest BCUT2D eigenvalue weighted by Gasteiger charge is 2.21. The molecule has 4 rings (SSSR count). The number of halogens is 1. The van der Waals surface area contributed by atoms with Gasteiger partial charge in [0.15, 0.2) is 11.6 Å². The Morgan fingerprint density at radius 3 is 2.62 bits per heavy atom. The van der Waals surface area contributed by atoms with Crippen LogP contribution in [0.15, 0.2) is 36.8 Å². The summed E-state index contributed by atoms with van der Waals surface area (Å²) in [4.78, 5) is 10.7. The van der Waals surface area contributed by atoms with Crippen molar-refractivity contribution < 1.29 is 9.50 Å². The van der Waals surface area contributed by atoms with Gasteiger partial charge < -0.3 is 15.0 Å². The first-order chi connectivity index (χ1) is 13.9. The highest BCUT2D eigenvalue weighted by molar-refractivity contribution is 5.56. The van der Waals surface area contributed by atoms with Gasteiger partial charge in [-0.1, -0.05) is 6.07 Å². The van der Waals surface area contributed by atoms with Crippen LogP contribution in [0, 0.1) is 26.6 Å². The number of aromatic nitrogens is 3. The molecule has 2 aromatic heterocycles. The quantitative estimate of drug-likeness (QED) is 0.690. The van der Waals surface area contributed by atoms with Gasteiger partial charge in [-0.3, -0.25) is 4.90 Å². The van der Waals surface area contributed by atoms with Gasteiger partial charge in [-0.25, -0.2) is 9.37 Å². The summed E-state index contributed by atoms with van der Waals surface area (Å²) >= 11 is 0. The third kappa shape index (κ3) is 4.46. The van der Waals surface area contributed by atoms with Crippen molar-refractivity contribution in [3.05, 3.63) is 64.9 Å². The molecule has 1 aliphatic rings. The number of hydrogen-bond donors (Lipinski definition) is 2. The van der Waals surface area contributed by atoms with E-state index in [1.807, 2.05) is 45.3 Å². The zero-order valence-corrected chi connectivity index (χ0v) is 17.0. The Kier molecular flexibility index (Phi) is 5.34. The lowest BCUT2D eigenvalue weighted by Crippen LogP contribution is -2.21. The third-order valence-corrected chi connectivity index (χ3v) is 5.22. The summed E-state index contributed by atoms with van der Waals surface area (Å²) in [5.74, 6) is 0.0822. The Bertz CT molecular complexity index is 1010.